The Labute approximate surface area is 89.4 Å². The monoisotopic (exact) mass is 224 g/mol. The SMILES string of the molecule is COCC(O)COC(CO)COCCO. The van der Waals surface area contributed by atoms with Crippen LogP contribution in [0.25, 0.3) is 0 Å². The third-order valence-electron chi connectivity index (χ3n) is 1.63. The molecule has 0 aromatic rings. The van der Waals surface area contributed by atoms with Gasteiger partial charge in [-0.25, -0.2) is 0 Å². The van der Waals surface area contributed by atoms with Gasteiger partial charge in [-0.1, -0.05) is 0 Å². The molecule has 2 atom stereocenters. The van der Waals surface area contributed by atoms with E-state index in [1.54, 1.807) is 0 Å². The predicted molar refractivity (Wildman–Crippen MR) is 52.6 cm³/mol. The highest BCUT2D eigenvalue weighted by Crippen LogP contribution is 1.95. The maximum atomic E-state index is 9.25. The molecule has 0 saturated heterocycles. The van der Waals surface area contributed by atoms with Gasteiger partial charge < -0.3 is 29.5 Å². The lowest BCUT2D eigenvalue weighted by molar-refractivity contribution is -0.0816. The summed E-state index contributed by atoms with van der Waals surface area (Å²) in [6.07, 6.45) is -1.19. The van der Waals surface area contributed by atoms with Crippen LogP contribution < -0.4 is 0 Å². The molecular formula is C9H20O6. The van der Waals surface area contributed by atoms with Crippen LogP contribution >= 0.6 is 0 Å². The Balaban J connectivity index is 3.51. The van der Waals surface area contributed by atoms with Crippen molar-refractivity contribution in [1.29, 1.82) is 0 Å². The topological polar surface area (TPSA) is 88.4 Å². The van der Waals surface area contributed by atoms with Gasteiger partial charge in [0.1, 0.15) is 12.2 Å². The molecule has 0 fully saturated rings. The van der Waals surface area contributed by atoms with E-state index in [2.05, 4.69) is 0 Å². The quantitative estimate of drug-likeness (QED) is 0.387. The fraction of sp³-hybridized carbons (Fsp3) is 1.00. The Bertz CT molecular complexity index is 132. The first kappa shape index (κ1) is 14.8. The number of rotatable bonds is 10. The zero-order valence-corrected chi connectivity index (χ0v) is 8.96. The summed E-state index contributed by atoms with van der Waals surface area (Å²) in [4.78, 5) is 0. The summed E-state index contributed by atoms with van der Waals surface area (Å²) in [6.45, 7) is 0.421. The average molecular weight is 224 g/mol. The number of ether oxygens (including phenoxy) is 3. The first-order valence-electron chi connectivity index (χ1n) is 4.82. The minimum atomic E-state index is -0.707. The number of methoxy groups -OCH3 is 1. The van der Waals surface area contributed by atoms with E-state index in [4.69, 9.17) is 24.4 Å². The lowest BCUT2D eigenvalue weighted by Crippen LogP contribution is -2.30. The van der Waals surface area contributed by atoms with Crippen molar-refractivity contribution in [2.45, 2.75) is 12.2 Å². The van der Waals surface area contributed by atoms with Gasteiger partial charge in [0, 0.05) is 7.11 Å². The molecule has 15 heavy (non-hydrogen) atoms. The highest BCUT2D eigenvalue weighted by Gasteiger charge is 2.11. The third kappa shape index (κ3) is 8.73. The van der Waals surface area contributed by atoms with Crippen molar-refractivity contribution in [2.75, 3.05) is 46.8 Å². The van der Waals surface area contributed by atoms with E-state index in [9.17, 15) is 5.11 Å². The van der Waals surface area contributed by atoms with Gasteiger partial charge in [0.2, 0.25) is 0 Å². The molecular weight excluding hydrogens is 204 g/mol. The van der Waals surface area contributed by atoms with Crippen LogP contribution in [0.4, 0.5) is 0 Å². The van der Waals surface area contributed by atoms with E-state index in [-0.39, 0.29) is 39.6 Å². The van der Waals surface area contributed by atoms with E-state index in [0.717, 1.165) is 0 Å². The molecule has 0 aliphatic carbocycles. The standard InChI is InChI=1S/C9H20O6/c1-13-5-8(12)6-15-9(4-11)7-14-3-2-10/h8-12H,2-7H2,1H3. The molecule has 0 saturated carbocycles. The second kappa shape index (κ2) is 10.3. The Morgan fingerprint density at radius 3 is 2.40 bits per heavy atom. The third-order valence-corrected chi connectivity index (χ3v) is 1.63. The first-order chi connectivity index (χ1) is 7.24. The summed E-state index contributed by atoms with van der Waals surface area (Å²) >= 11 is 0. The molecule has 6 heteroatoms. The van der Waals surface area contributed by atoms with Gasteiger partial charge in [0.25, 0.3) is 0 Å². The van der Waals surface area contributed by atoms with Gasteiger partial charge in [-0.15, -0.1) is 0 Å². The van der Waals surface area contributed by atoms with E-state index < -0.39 is 12.2 Å². The second-order valence-corrected chi connectivity index (χ2v) is 3.05. The summed E-state index contributed by atoms with van der Waals surface area (Å²) in [5, 5.41) is 26.6. The normalized spacial score (nSPS) is 15.2. The fourth-order valence-electron chi connectivity index (χ4n) is 0.921. The summed E-state index contributed by atoms with van der Waals surface area (Å²) in [6, 6.07) is 0. The first-order valence-corrected chi connectivity index (χ1v) is 4.82. The molecule has 3 N–H and O–H groups in total. The Morgan fingerprint density at radius 2 is 1.87 bits per heavy atom. The van der Waals surface area contributed by atoms with E-state index in [1.165, 1.54) is 7.11 Å². The lowest BCUT2D eigenvalue weighted by Gasteiger charge is -2.17. The molecule has 0 aromatic carbocycles. The smallest absolute Gasteiger partial charge is 0.104 e. The Morgan fingerprint density at radius 1 is 1.13 bits per heavy atom. The average Bonchev–Trinajstić information content (AvgIpc) is 2.23. The van der Waals surface area contributed by atoms with Crippen LogP contribution in [-0.4, -0.2) is 74.3 Å². The molecule has 0 aliphatic rings. The van der Waals surface area contributed by atoms with Crippen LogP contribution in [0, 0.1) is 0 Å². The molecule has 0 heterocycles. The summed E-state index contributed by atoms with van der Waals surface area (Å²) < 4.78 is 14.9. The second-order valence-electron chi connectivity index (χ2n) is 3.05. The molecule has 0 aliphatic heterocycles. The molecule has 2 unspecified atom stereocenters. The van der Waals surface area contributed by atoms with Gasteiger partial charge in [-0.05, 0) is 0 Å². The van der Waals surface area contributed by atoms with Crippen LogP contribution in [0.5, 0.6) is 0 Å². The molecule has 0 rings (SSSR count). The fourth-order valence-corrected chi connectivity index (χ4v) is 0.921. The summed E-state index contributed by atoms with van der Waals surface area (Å²) in [7, 11) is 1.48. The van der Waals surface area contributed by atoms with Crippen molar-refractivity contribution < 1.29 is 29.5 Å². The lowest BCUT2D eigenvalue weighted by atomic mass is 10.3. The Kier molecular flexibility index (Phi) is 10.1. The molecule has 0 amide bonds. The highest BCUT2D eigenvalue weighted by atomic mass is 16.5. The largest absolute Gasteiger partial charge is 0.394 e. The number of aliphatic hydroxyl groups is 3. The van der Waals surface area contributed by atoms with E-state index in [0.29, 0.717) is 0 Å². The van der Waals surface area contributed by atoms with Crippen LogP contribution in [0.2, 0.25) is 0 Å². The van der Waals surface area contributed by atoms with Crippen LogP contribution in [0.1, 0.15) is 0 Å². The van der Waals surface area contributed by atoms with Gasteiger partial charge >= 0.3 is 0 Å². The summed E-state index contributed by atoms with van der Waals surface area (Å²) in [5.74, 6) is 0. The molecule has 0 spiro atoms. The van der Waals surface area contributed by atoms with Gasteiger partial charge in [-0.3, -0.25) is 0 Å². The molecule has 6 nitrogen and oxygen atoms in total. The molecule has 0 bridgehead atoms. The minimum Gasteiger partial charge on any atom is -0.394 e. The van der Waals surface area contributed by atoms with Gasteiger partial charge in [0.05, 0.1) is 39.6 Å². The van der Waals surface area contributed by atoms with Crippen molar-refractivity contribution in [3.8, 4) is 0 Å². The van der Waals surface area contributed by atoms with Crippen molar-refractivity contribution >= 4 is 0 Å². The van der Waals surface area contributed by atoms with Crippen molar-refractivity contribution in [3.63, 3.8) is 0 Å². The van der Waals surface area contributed by atoms with Crippen molar-refractivity contribution in [3.05, 3.63) is 0 Å². The molecule has 92 valence electrons. The predicted octanol–water partition coefficient (Wildman–Crippen LogP) is -1.62. The van der Waals surface area contributed by atoms with Gasteiger partial charge in [0.15, 0.2) is 0 Å². The Hall–Kier alpha value is -0.240. The van der Waals surface area contributed by atoms with Crippen molar-refractivity contribution in [2.24, 2.45) is 0 Å². The molecule has 0 radical (unpaired) electrons. The zero-order chi connectivity index (χ0) is 11.5. The minimum absolute atomic E-state index is 0.0650. The van der Waals surface area contributed by atoms with E-state index in [1.807, 2.05) is 0 Å². The number of hydrogen-bond donors (Lipinski definition) is 3. The van der Waals surface area contributed by atoms with Crippen LogP contribution in [0.15, 0.2) is 0 Å². The zero-order valence-electron chi connectivity index (χ0n) is 8.96. The number of aliphatic hydroxyl groups excluding tert-OH is 3. The van der Waals surface area contributed by atoms with Crippen LogP contribution in [-0.2, 0) is 14.2 Å². The van der Waals surface area contributed by atoms with Crippen molar-refractivity contribution in [1.82, 2.24) is 0 Å². The number of hydrogen-bond acceptors (Lipinski definition) is 6. The van der Waals surface area contributed by atoms with E-state index >= 15 is 0 Å². The summed E-state index contributed by atoms with van der Waals surface area (Å²) in [5.41, 5.74) is 0. The highest BCUT2D eigenvalue weighted by molar-refractivity contribution is 4.57. The van der Waals surface area contributed by atoms with Crippen LogP contribution in [0.3, 0.4) is 0 Å². The molecule has 0 aromatic heterocycles. The maximum absolute atomic E-state index is 9.25. The van der Waals surface area contributed by atoms with Gasteiger partial charge in [-0.2, -0.15) is 0 Å². The maximum Gasteiger partial charge on any atom is 0.104 e.